The maximum absolute atomic E-state index is 12.4. The Kier molecular flexibility index (Phi) is 46.6. The van der Waals surface area contributed by atoms with E-state index in [4.69, 9.17) is 4.74 Å². The van der Waals surface area contributed by atoms with Crippen LogP contribution in [0.1, 0.15) is 271 Å². The third-order valence-electron chi connectivity index (χ3n) is 11.7. The average molecular weight is 818 g/mol. The van der Waals surface area contributed by atoms with Gasteiger partial charge in [0.15, 0.2) is 0 Å². The molecule has 0 heterocycles. The molecule has 0 aliphatic carbocycles. The fourth-order valence-corrected chi connectivity index (χ4v) is 7.74. The lowest BCUT2D eigenvalue weighted by Crippen LogP contribution is -2.45. The van der Waals surface area contributed by atoms with Crippen LogP contribution < -0.4 is 5.32 Å². The predicted octanol–water partition coefficient (Wildman–Crippen LogP) is 15.1. The molecule has 6 heteroatoms. The number of allylic oxidation sites excluding steroid dienone is 3. The Morgan fingerprint density at radius 2 is 0.810 bits per heavy atom. The van der Waals surface area contributed by atoms with Crippen molar-refractivity contribution in [1.29, 1.82) is 0 Å². The minimum Gasteiger partial charge on any atom is -0.466 e. The number of amides is 1. The maximum atomic E-state index is 12.4. The van der Waals surface area contributed by atoms with E-state index in [0.29, 0.717) is 19.4 Å². The lowest BCUT2D eigenvalue weighted by Gasteiger charge is -2.20. The number of ether oxygens (including phenoxy) is 1. The van der Waals surface area contributed by atoms with Crippen molar-refractivity contribution in [3.05, 3.63) is 24.3 Å². The van der Waals surface area contributed by atoms with Gasteiger partial charge >= 0.3 is 5.97 Å². The van der Waals surface area contributed by atoms with Crippen molar-refractivity contribution < 1.29 is 24.5 Å². The number of unbranched alkanes of at least 4 members (excludes halogenated alkanes) is 34. The van der Waals surface area contributed by atoms with Crippen LogP contribution >= 0.6 is 0 Å². The summed E-state index contributed by atoms with van der Waals surface area (Å²) in [5.41, 5.74) is 0. The van der Waals surface area contributed by atoms with Crippen LogP contribution in [0.3, 0.4) is 0 Å². The van der Waals surface area contributed by atoms with Gasteiger partial charge in [0.25, 0.3) is 0 Å². The van der Waals surface area contributed by atoms with Crippen LogP contribution in [-0.4, -0.2) is 47.4 Å². The molecule has 1 amide bonds. The molecule has 6 nitrogen and oxygen atoms in total. The fraction of sp³-hybridized carbons (Fsp3) is 0.885. The van der Waals surface area contributed by atoms with E-state index in [2.05, 4.69) is 31.3 Å². The number of aliphatic hydroxyl groups excluding tert-OH is 2. The van der Waals surface area contributed by atoms with Gasteiger partial charge in [-0.1, -0.05) is 224 Å². The Labute approximate surface area is 361 Å². The first kappa shape index (κ1) is 56.3. The quantitative estimate of drug-likeness (QED) is 0.0323. The zero-order valence-electron chi connectivity index (χ0n) is 38.8. The van der Waals surface area contributed by atoms with Crippen molar-refractivity contribution in [3.8, 4) is 0 Å². The summed E-state index contributed by atoms with van der Waals surface area (Å²) in [6, 6.07) is -0.635. The lowest BCUT2D eigenvalue weighted by atomic mass is 10.0. The molecule has 58 heavy (non-hydrogen) atoms. The van der Waals surface area contributed by atoms with Crippen molar-refractivity contribution in [3.63, 3.8) is 0 Å². The van der Waals surface area contributed by atoms with Crippen LogP contribution in [0.4, 0.5) is 0 Å². The summed E-state index contributed by atoms with van der Waals surface area (Å²) >= 11 is 0. The van der Waals surface area contributed by atoms with E-state index in [1.54, 1.807) is 6.08 Å². The molecule has 0 saturated carbocycles. The summed E-state index contributed by atoms with van der Waals surface area (Å²) in [6.07, 6.45) is 56.1. The van der Waals surface area contributed by atoms with Crippen molar-refractivity contribution in [1.82, 2.24) is 5.32 Å². The van der Waals surface area contributed by atoms with E-state index in [9.17, 15) is 19.8 Å². The molecule has 0 aromatic carbocycles. The molecule has 2 unspecified atom stereocenters. The number of nitrogens with one attached hydrogen (secondary N) is 1. The lowest BCUT2D eigenvalue weighted by molar-refractivity contribution is -0.143. The van der Waals surface area contributed by atoms with Crippen LogP contribution in [0.15, 0.2) is 24.3 Å². The number of carbonyl (C=O) groups excluding carboxylic acids is 2. The first-order chi connectivity index (χ1) is 28.5. The molecule has 0 spiro atoms. The van der Waals surface area contributed by atoms with E-state index in [1.165, 1.54) is 186 Å². The Balaban J connectivity index is 3.42. The number of hydrogen-bond donors (Lipinski definition) is 3. The fourth-order valence-electron chi connectivity index (χ4n) is 7.74. The maximum Gasteiger partial charge on any atom is 0.305 e. The van der Waals surface area contributed by atoms with Crippen LogP contribution in [0.2, 0.25) is 0 Å². The topological polar surface area (TPSA) is 95.9 Å². The minimum atomic E-state index is -0.850. The van der Waals surface area contributed by atoms with E-state index in [1.807, 2.05) is 6.08 Å². The summed E-state index contributed by atoms with van der Waals surface area (Å²) in [5, 5.41) is 22.9. The van der Waals surface area contributed by atoms with Gasteiger partial charge in [-0.3, -0.25) is 9.59 Å². The summed E-state index contributed by atoms with van der Waals surface area (Å²) < 4.78 is 5.47. The molecule has 2 atom stereocenters. The van der Waals surface area contributed by atoms with Crippen molar-refractivity contribution >= 4 is 11.9 Å². The van der Waals surface area contributed by atoms with E-state index < -0.39 is 12.1 Å². The molecule has 0 saturated heterocycles. The number of aliphatic hydroxyl groups is 2. The molecule has 342 valence electrons. The van der Waals surface area contributed by atoms with Crippen LogP contribution in [0, 0.1) is 0 Å². The third kappa shape index (κ3) is 43.9. The summed E-state index contributed by atoms with van der Waals surface area (Å²) in [7, 11) is 0. The van der Waals surface area contributed by atoms with Gasteiger partial charge in [-0.05, 0) is 57.8 Å². The van der Waals surface area contributed by atoms with E-state index in [-0.39, 0.29) is 18.5 Å². The van der Waals surface area contributed by atoms with Gasteiger partial charge in [-0.25, -0.2) is 0 Å². The molecule has 0 radical (unpaired) electrons. The number of esters is 1. The number of hydrogen-bond acceptors (Lipinski definition) is 5. The summed E-state index contributed by atoms with van der Waals surface area (Å²) in [4.78, 5) is 24.4. The van der Waals surface area contributed by atoms with Gasteiger partial charge in [0.1, 0.15) is 0 Å². The number of rotatable bonds is 47. The Bertz CT molecular complexity index is 904. The van der Waals surface area contributed by atoms with E-state index >= 15 is 0 Å². The first-order valence-electron chi connectivity index (χ1n) is 25.6. The van der Waals surface area contributed by atoms with Crippen molar-refractivity contribution in [2.24, 2.45) is 0 Å². The Morgan fingerprint density at radius 3 is 1.22 bits per heavy atom. The Hall–Kier alpha value is -1.66. The molecule has 3 N–H and O–H groups in total. The predicted molar refractivity (Wildman–Crippen MR) is 250 cm³/mol. The van der Waals surface area contributed by atoms with Crippen LogP contribution in [0.25, 0.3) is 0 Å². The SMILES string of the molecule is CCCCCCCC/C=C\CCCCCCCCCCCC(=O)OCCCCCCCCCCCCCCCC(=O)NC(CO)C(O)/C=C/CCCCCCCCC. The van der Waals surface area contributed by atoms with Crippen molar-refractivity contribution in [2.75, 3.05) is 13.2 Å². The molecule has 0 rings (SSSR count). The molecular weight excluding hydrogens is 719 g/mol. The molecule has 0 fully saturated rings. The zero-order chi connectivity index (χ0) is 42.3. The largest absolute Gasteiger partial charge is 0.466 e. The van der Waals surface area contributed by atoms with Crippen LogP contribution in [-0.2, 0) is 14.3 Å². The van der Waals surface area contributed by atoms with Gasteiger partial charge in [-0.15, -0.1) is 0 Å². The second-order valence-corrected chi connectivity index (χ2v) is 17.5. The monoisotopic (exact) mass is 818 g/mol. The molecular formula is C52H99NO5. The normalized spacial score (nSPS) is 12.8. The highest BCUT2D eigenvalue weighted by atomic mass is 16.5. The van der Waals surface area contributed by atoms with Gasteiger partial charge < -0.3 is 20.3 Å². The summed E-state index contributed by atoms with van der Waals surface area (Å²) in [6.45, 7) is 4.84. The van der Waals surface area contributed by atoms with Crippen LogP contribution in [0.5, 0.6) is 0 Å². The molecule has 0 bridgehead atoms. The second kappa shape index (κ2) is 48.0. The van der Waals surface area contributed by atoms with Crippen molar-refractivity contribution in [2.45, 2.75) is 283 Å². The van der Waals surface area contributed by atoms with Gasteiger partial charge in [0, 0.05) is 12.8 Å². The number of carbonyl (C=O) groups is 2. The Morgan fingerprint density at radius 1 is 0.466 bits per heavy atom. The first-order valence-corrected chi connectivity index (χ1v) is 25.6. The minimum absolute atomic E-state index is 0.00802. The molecule has 0 aliphatic heterocycles. The summed E-state index contributed by atoms with van der Waals surface area (Å²) in [5.74, 6) is -0.0917. The standard InChI is InChI=1S/C52H99NO5/c1-3-5-7-9-11-13-14-15-16-17-18-19-20-23-26-30-34-38-42-46-52(57)58-47-43-39-35-31-27-24-21-22-25-29-33-37-41-45-51(56)53-49(48-54)50(55)44-40-36-32-28-12-10-8-6-4-2/h15-16,40,44,49-50,54-55H,3-14,17-39,41-43,45-48H2,1-2H3,(H,53,56)/b16-15-,44-40+. The molecule has 0 aromatic rings. The second-order valence-electron chi connectivity index (χ2n) is 17.5. The highest BCUT2D eigenvalue weighted by Gasteiger charge is 2.18. The highest BCUT2D eigenvalue weighted by Crippen LogP contribution is 2.15. The third-order valence-corrected chi connectivity index (χ3v) is 11.7. The molecule has 0 aromatic heterocycles. The van der Waals surface area contributed by atoms with Gasteiger partial charge in [0.2, 0.25) is 5.91 Å². The van der Waals surface area contributed by atoms with E-state index in [0.717, 1.165) is 57.8 Å². The van der Waals surface area contributed by atoms with Gasteiger partial charge in [0.05, 0.1) is 25.4 Å². The van der Waals surface area contributed by atoms with Gasteiger partial charge in [-0.2, -0.15) is 0 Å². The average Bonchev–Trinajstić information content (AvgIpc) is 3.22. The highest BCUT2D eigenvalue weighted by molar-refractivity contribution is 5.76. The zero-order valence-corrected chi connectivity index (χ0v) is 38.8. The smallest absolute Gasteiger partial charge is 0.305 e. The molecule has 0 aliphatic rings.